The Morgan fingerprint density at radius 3 is 2.75 bits per heavy atom. The monoisotopic (exact) mass is 383 g/mol. The van der Waals surface area contributed by atoms with Gasteiger partial charge < -0.3 is 14.5 Å². The van der Waals surface area contributed by atoms with Crippen molar-refractivity contribution < 1.29 is 13.9 Å². The SMILES string of the molecule is O=C(NCC=Cc1ccc(I)o1)OCc1ccccc1. The molecule has 1 heterocycles. The second kappa shape index (κ2) is 7.74. The predicted octanol–water partition coefficient (Wildman–Crippen LogP) is 3.82. The van der Waals surface area contributed by atoms with E-state index in [9.17, 15) is 4.79 Å². The van der Waals surface area contributed by atoms with Crippen LogP contribution in [0.1, 0.15) is 11.3 Å². The number of amides is 1. The molecule has 1 aromatic carbocycles. The van der Waals surface area contributed by atoms with Crippen LogP contribution in [0.2, 0.25) is 0 Å². The Bertz CT molecular complexity index is 578. The molecule has 0 aliphatic carbocycles. The van der Waals surface area contributed by atoms with E-state index in [-0.39, 0.29) is 6.61 Å². The summed E-state index contributed by atoms with van der Waals surface area (Å²) < 4.78 is 11.3. The topological polar surface area (TPSA) is 51.5 Å². The number of carbonyl (C=O) groups excluding carboxylic acids is 1. The van der Waals surface area contributed by atoms with Crippen LogP contribution in [0.15, 0.2) is 53.0 Å². The van der Waals surface area contributed by atoms with E-state index in [4.69, 9.17) is 9.15 Å². The van der Waals surface area contributed by atoms with Crippen molar-refractivity contribution in [2.45, 2.75) is 6.61 Å². The second-order valence-corrected chi connectivity index (χ2v) is 5.05. The summed E-state index contributed by atoms with van der Waals surface area (Å²) in [6.45, 7) is 0.664. The summed E-state index contributed by atoms with van der Waals surface area (Å²) in [7, 11) is 0. The molecule has 0 fully saturated rings. The summed E-state index contributed by atoms with van der Waals surface area (Å²) in [6.07, 6.45) is 3.17. The number of hydrogen-bond donors (Lipinski definition) is 1. The molecule has 0 saturated heterocycles. The molecule has 0 aliphatic rings. The zero-order chi connectivity index (χ0) is 14.2. The highest BCUT2D eigenvalue weighted by atomic mass is 127. The average Bonchev–Trinajstić information content (AvgIpc) is 2.88. The van der Waals surface area contributed by atoms with Crippen molar-refractivity contribution >= 4 is 34.8 Å². The number of ether oxygens (including phenoxy) is 1. The second-order valence-electron chi connectivity index (χ2n) is 3.99. The van der Waals surface area contributed by atoms with Gasteiger partial charge in [0.1, 0.15) is 12.4 Å². The first-order valence-corrected chi connectivity index (χ1v) is 7.18. The predicted molar refractivity (Wildman–Crippen MR) is 85.1 cm³/mol. The molecular formula is C15H14INO3. The number of halogens is 1. The highest BCUT2D eigenvalue weighted by Gasteiger charge is 2.00. The first-order chi connectivity index (χ1) is 9.74. The van der Waals surface area contributed by atoms with Crippen LogP contribution in [-0.2, 0) is 11.3 Å². The van der Waals surface area contributed by atoms with Gasteiger partial charge in [-0.05, 0) is 46.4 Å². The van der Waals surface area contributed by atoms with Crippen molar-refractivity contribution in [3.8, 4) is 0 Å². The molecule has 1 amide bonds. The van der Waals surface area contributed by atoms with Crippen LogP contribution in [0.5, 0.6) is 0 Å². The molecule has 0 bridgehead atoms. The first kappa shape index (κ1) is 14.6. The summed E-state index contributed by atoms with van der Waals surface area (Å²) in [5, 5.41) is 2.64. The van der Waals surface area contributed by atoms with Gasteiger partial charge in [0, 0.05) is 6.54 Å². The van der Waals surface area contributed by atoms with Gasteiger partial charge in [-0.2, -0.15) is 0 Å². The van der Waals surface area contributed by atoms with E-state index in [1.54, 1.807) is 12.2 Å². The molecule has 20 heavy (non-hydrogen) atoms. The molecule has 0 aliphatic heterocycles. The summed E-state index contributed by atoms with van der Waals surface area (Å²) in [5.41, 5.74) is 0.961. The molecule has 2 rings (SSSR count). The maximum atomic E-state index is 11.4. The van der Waals surface area contributed by atoms with Crippen LogP contribution < -0.4 is 5.32 Å². The van der Waals surface area contributed by atoms with Crippen molar-refractivity contribution in [3.63, 3.8) is 0 Å². The molecule has 0 atom stereocenters. The minimum Gasteiger partial charge on any atom is -0.451 e. The maximum Gasteiger partial charge on any atom is 0.407 e. The molecule has 0 saturated carbocycles. The molecule has 0 unspecified atom stereocenters. The standard InChI is InChI=1S/C15H14INO3/c16-14-9-8-13(20-14)7-4-10-17-15(18)19-11-12-5-2-1-3-6-12/h1-9H,10-11H2,(H,17,18). The number of nitrogens with one attached hydrogen (secondary N) is 1. The van der Waals surface area contributed by atoms with Gasteiger partial charge in [-0.1, -0.05) is 36.4 Å². The summed E-state index contributed by atoms with van der Waals surface area (Å²) >= 11 is 2.10. The highest BCUT2D eigenvalue weighted by molar-refractivity contribution is 14.1. The van der Waals surface area contributed by atoms with E-state index in [2.05, 4.69) is 27.9 Å². The lowest BCUT2D eigenvalue weighted by atomic mass is 10.2. The lowest BCUT2D eigenvalue weighted by Gasteiger charge is -2.04. The van der Waals surface area contributed by atoms with E-state index in [1.807, 2.05) is 42.5 Å². The highest BCUT2D eigenvalue weighted by Crippen LogP contribution is 2.11. The quantitative estimate of drug-likeness (QED) is 0.799. The van der Waals surface area contributed by atoms with E-state index in [0.29, 0.717) is 6.54 Å². The molecular weight excluding hydrogens is 369 g/mol. The Hall–Kier alpha value is -1.76. The third kappa shape index (κ3) is 5.08. The Morgan fingerprint density at radius 1 is 1.25 bits per heavy atom. The van der Waals surface area contributed by atoms with Crippen molar-refractivity contribution in [2.75, 3.05) is 6.54 Å². The van der Waals surface area contributed by atoms with Gasteiger partial charge in [0.2, 0.25) is 0 Å². The third-order valence-electron chi connectivity index (χ3n) is 2.45. The number of alkyl carbamates (subject to hydrolysis) is 1. The molecule has 1 aromatic heterocycles. The van der Waals surface area contributed by atoms with Crippen LogP contribution in [0.3, 0.4) is 0 Å². The van der Waals surface area contributed by atoms with Gasteiger partial charge in [0.15, 0.2) is 3.77 Å². The van der Waals surface area contributed by atoms with Gasteiger partial charge in [0.25, 0.3) is 0 Å². The Kier molecular flexibility index (Phi) is 5.67. The lowest BCUT2D eigenvalue weighted by Crippen LogP contribution is -2.24. The summed E-state index contributed by atoms with van der Waals surface area (Å²) in [4.78, 5) is 11.4. The van der Waals surface area contributed by atoms with E-state index < -0.39 is 6.09 Å². The van der Waals surface area contributed by atoms with Crippen molar-refractivity contribution in [2.24, 2.45) is 0 Å². The third-order valence-corrected chi connectivity index (χ3v) is 3.03. The Labute approximate surface area is 131 Å². The van der Waals surface area contributed by atoms with Gasteiger partial charge in [0.05, 0.1) is 0 Å². The zero-order valence-corrected chi connectivity index (χ0v) is 12.9. The van der Waals surface area contributed by atoms with Gasteiger partial charge in [-0.25, -0.2) is 4.79 Å². The van der Waals surface area contributed by atoms with Crippen LogP contribution in [0.25, 0.3) is 6.08 Å². The molecule has 4 nitrogen and oxygen atoms in total. The van der Waals surface area contributed by atoms with Crippen molar-refractivity contribution in [1.82, 2.24) is 5.32 Å². The molecule has 0 radical (unpaired) electrons. The molecule has 0 spiro atoms. The zero-order valence-electron chi connectivity index (χ0n) is 10.7. The summed E-state index contributed by atoms with van der Waals surface area (Å²) in [6, 6.07) is 13.3. The minimum atomic E-state index is -0.437. The van der Waals surface area contributed by atoms with E-state index in [0.717, 1.165) is 15.1 Å². The number of rotatable bonds is 5. The molecule has 5 heteroatoms. The van der Waals surface area contributed by atoms with Crippen LogP contribution >= 0.6 is 22.6 Å². The largest absolute Gasteiger partial charge is 0.451 e. The fourth-order valence-corrected chi connectivity index (χ4v) is 1.94. The fraction of sp³-hybridized carbons (Fsp3) is 0.133. The van der Waals surface area contributed by atoms with Gasteiger partial charge in [-0.15, -0.1) is 0 Å². The normalized spacial score (nSPS) is 10.7. The summed E-state index contributed by atoms with van der Waals surface area (Å²) in [5.74, 6) is 0.758. The van der Waals surface area contributed by atoms with Crippen molar-refractivity contribution in [3.05, 3.63) is 63.6 Å². The van der Waals surface area contributed by atoms with E-state index in [1.165, 1.54) is 0 Å². The minimum absolute atomic E-state index is 0.271. The molecule has 104 valence electrons. The fourth-order valence-electron chi connectivity index (χ4n) is 1.51. The Morgan fingerprint density at radius 2 is 2.05 bits per heavy atom. The average molecular weight is 383 g/mol. The first-order valence-electron chi connectivity index (χ1n) is 6.10. The Balaban J connectivity index is 1.66. The lowest BCUT2D eigenvalue weighted by molar-refractivity contribution is 0.141. The number of benzene rings is 1. The van der Waals surface area contributed by atoms with E-state index >= 15 is 0 Å². The van der Waals surface area contributed by atoms with Crippen LogP contribution in [0.4, 0.5) is 4.79 Å². The molecule has 1 N–H and O–H groups in total. The van der Waals surface area contributed by atoms with Crippen LogP contribution in [0, 0.1) is 3.77 Å². The molecule has 2 aromatic rings. The smallest absolute Gasteiger partial charge is 0.407 e. The van der Waals surface area contributed by atoms with Crippen LogP contribution in [-0.4, -0.2) is 12.6 Å². The van der Waals surface area contributed by atoms with Gasteiger partial charge >= 0.3 is 6.09 Å². The maximum absolute atomic E-state index is 11.4. The number of hydrogen-bond acceptors (Lipinski definition) is 3. The van der Waals surface area contributed by atoms with Gasteiger partial charge in [-0.3, -0.25) is 0 Å². The number of furan rings is 1. The van der Waals surface area contributed by atoms with Crippen molar-refractivity contribution in [1.29, 1.82) is 0 Å². The number of carbonyl (C=O) groups is 1.